The van der Waals surface area contributed by atoms with Gasteiger partial charge < -0.3 is 10.6 Å². The predicted molar refractivity (Wildman–Crippen MR) is 84.0 cm³/mol. The quantitative estimate of drug-likeness (QED) is 0.453. The van der Waals surface area contributed by atoms with Gasteiger partial charge in [-0.1, -0.05) is 65.2 Å². The summed E-state index contributed by atoms with van der Waals surface area (Å²) in [6.07, 6.45) is 10.7. The van der Waals surface area contributed by atoms with E-state index in [1.54, 1.807) is 0 Å². The number of halogens is 2. The zero-order valence-corrected chi connectivity index (χ0v) is 16.0. The molecule has 2 atom stereocenters. The van der Waals surface area contributed by atoms with E-state index in [1.165, 1.54) is 51.4 Å². The van der Waals surface area contributed by atoms with Crippen LogP contribution in [-0.4, -0.2) is 25.2 Å². The van der Waals surface area contributed by atoms with Crippen LogP contribution in [0.1, 0.15) is 65.2 Å². The Balaban J connectivity index is 0.000000284. The van der Waals surface area contributed by atoms with Crippen molar-refractivity contribution in [2.24, 2.45) is 0 Å². The first-order valence-corrected chi connectivity index (χ1v) is 13.1. The van der Waals surface area contributed by atoms with Crippen molar-refractivity contribution in [2.75, 3.05) is 13.1 Å². The fourth-order valence-corrected chi connectivity index (χ4v) is 2.38. The summed E-state index contributed by atoms with van der Waals surface area (Å²) in [5.41, 5.74) is 0. The summed E-state index contributed by atoms with van der Waals surface area (Å²) in [5, 5.41) is 8.90. The maximum atomic E-state index is 4.88. The number of hydrogen-bond acceptors (Lipinski definition) is 0. The van der Waals surface area contributed by atoms with Crippen LogP contribution in [0.2, 0.25) is 0 Å². The van der Waals surface area contributed by atoms with Crippen LogP contribution < -0.4 is 0 Å². The van der Waals surface area contributed by atoms with Crippen LogP contribution in [0.4, 0.5) is 0 Å². The first-order valence-electron chi connectivity index (χ1n) is 7.44. The second kappa shape index (κ2) is 15.6. The average Bonchev–Trinajstić information content (AvgIpc) is 2.50. The number of piperidine rings is 2. The molecule has 2 nitrogen and oxygen atoms in total. The molecule has 118 valence electrons. The van der Waals surface area contributed by atoms with E-state index in [0.29, 0.717) is 12.1 Å². The number of nitrogens with zero attached hydrogens (tertiary/aromatic N) is 2. The van der Waals surface area contributed by atoms with Gasteiger partial charge in [0.1, 0.15) is 0 Å². The van der Waals surface area contributed by atoms with E-state index < -0.39 is 16.5 Å². The van der Waals surface area contributed by atoms with Gasteiger partial charge in [0.2, 0.25) is 0 Å². The molecular weight excluding hydrogens is 462 g/mol. The summed E-state index contributed by atoms with van der Waals surface area (Å²) in [6.45, 7) is 6.69. The molecule has 0 aromatic heterocycles. The average molecular weight is 490 g/mol. The van der Waals surface area contributed by atoms with Gasteiger partial charge in [0.15, 0.2) is 0 Å². The zero-order valence-electron chi connectivity index (χ0n) is 12.2. The van der Waals surface area contributed by atoms with Gasteiger partial charge >= 0.3 is 35.3 Å². The summed E-state index contributed by atoms with van der Waals surface area (Å²) >= 11 is -0.472. The van der Waals surface area contributed by atoms with Crippen molar-refractivity contribution in [3.8, 4) is 0 Å². The summed E-state index contributed by atoms with van der Waals surface area (Å²) < 4.78 is 0. The minimum atomic E-state index is -0.472. The molecule has 2 rings (SSSR count). The van der Waals surface area contributed by atoms with Crippen LogP contribution in [0, 0.1) is 0 Å². The SMILES string of the molecule is CCC1CCCC[N-]1.CCC1CCCC[N-]1.[Cl][Pt+2][Cl]. The van der Waals surface area contributed by atoms with Gasteiger partial charge in [-0.2, -0.15) is 0 Å². The fraction of sp³-hybridized carbons (Fsp3) is 1.00. The molecular formula is C14H28Cl2N2Pt. The van der Waals surface area contributed by atoms with Crippen LogP contribution in [0.15, 0.2) is 0 Å². The first kappa shape index (κ1) is 20.2. The molecule has 5 heteroatoms. The van der Waals surface area contributed by atoms with Crippen molar-refractivity contribution in [3.05, 3.63) is 10.6 Å². The molecule has 2 unspecified atom stereocenters. The molecule has 0 aromatic carbocycles. The molecule has 2 aliphatic heterocycles. The molecule has 0 radical (unpaired) electrons. The van der Waals surface area contributed by atoms with Crippen LogP contribution in [-0.2, 0) is 16.5 Å². The van der Waals surface area contributed by atoms with Crippen molar-refractivity contribution >= 4 is 18.8 Å². The van der Waals surface area contributed by atoms with E-state index in [0.717, 1.165) is 13.1 Å². The van der Waals surface area contributed by atoms with Crippen molar-refractivity contribution in [1.82, 2.24) is 0 Å². The van der Waals surface area contributed by atoms with E-state index in [1.807, 2.05) is 0 Å². The third-order valence-corrected chi connectivity index (χ3v) is 3.61. The molecule has 0 saturated carbocycles. The second-order valence-corrected chi connectivity index (χ2v) is 8.26. The Hall–Kier alpha value is 1.19. The molecule has 0 bridgehead atoms. The molecule has 0 aliphatic carbocycles. The standard InChI is InChI=1S/2C7H14N.2ClH.Pt/c2*1-2-7-5-3-4-6-8-7;;;/h2*7H,2-6H2,1H3;2*1H;/q2*-1;;;+4/p-2. The van der Waals surface area contributed by atoms with Crippen LogP contribution >= 0.6 is 18.8 Å². The molecule has 2 fully saturated rings. The summed E-state index contributed by atoms with van der Waals surface area (Å²) in [7, 11) is 9.75. The van der Waals surface area contributed by atoms with Crippen molar-refractivity contribution in [2.45, 2.75) is 77.3 Å². The van der Waals surface area contributed by atoms with Gasteiger partial charge in [-0.15, -0.1) is 25.2 Å². The molecule has 19 heavy (non-hydrogen) atoms. The fourth-order valence-electron chi connectivity index (χ4n) is 2.38. The predicted octanol–water partition coefficient (Wildman–Crippen LogP) is 6.02. The molecule has 0 amide bonds. The van der Waals surface area contributed by atoms with E-state index >= 15 is 0 Å². The Morgan fingerprint density at radius 3 is 1.37 bits per heavy atom. The Morgan fingerprint density at radius 1 is 0.842 bits per heavy atom. The molecule has 2 saturated heterocycles. The van der Waals surface area contributed by atoms with E-state index in [2.05, 4.69) is 24.5 Å². The number of hydrogen-bond donors (Lipinski definition) is 0. The van der Waals surface area contributed by atoms with E-state index in [9.17, 15) is 0 Å². The van der Waals surface area contributed by atoms with Gasteiger partial charge in [0.25, 0.3) is 0 Å². The summed E-state index contributed by atoms with van der Waals surface area (Å²) in [6, 6.07) is 1.42. The Morgan fingerprint density at radius 2 is 1.21 bits per heavy atom. The van der Waals surface area contributed by atoms with Crippen molar-refractivity contribution in [1.29, 1.82) is 0 Å². The maximum absolute atomic E-state index is 4.88. The van der Waals surface area contributed by atoms with Crippen LogP contribution in [0.25, 0.3) is 10.6 Å². The van der Waals surface area contributed by atoms with Gasteiger partial charge in [0.05, 0.1) is 0 Å². The topological polar surface area (TPSA) is 28.2 Å². The first-order chi connectivity index (χ1) is 9.28. The Kier molecular flexibility index (Phi) is 16.5. The third kappa shape index (κ3) is 12.6. The van der Waals surface area contributed by atoms with E-state index in [4.69, 9.17) is 18.8 Å². The Bertz CT molecular complexity index is 155. The van der Waals surface area contributed by atoms with Crippen LogP contribution in [0.3, 0.4) is 0 Å². The van der Waals surface area contributed by atoms with Crippen molar-refractivity contribution < 1.29 is 16.5 Å². The van der Waals surface area contributed by atoms with Gasteiger partial charge in [0, 0.05) is 0 Å². The second-order valence-electron chi connectivity index (χ2n) is 4.97. The number of rotatable bonds is 2. The summed E-state index contributed by atoms with van der Waals surface area (Å²) in [4.78, 5) is 0. The third-order valence-electron chi connectivity index (χ3n) is 3.61. The molecule has 0 aromatic rings. The molecule has 0 spiro atoms. The van der Waals surface area contributed by atoms with Crippen LogP contribution in [0.5, 0.6) is 0 Å². The normalized spacial score (nSPS) is 26.7. The molecule has 2 heterocycles. The monoisotopic (exact) mass is 489 g/mol. The van der Waals surface area contributed by atoms with Crippen molar-refractivity contribution in [3.63, 3.8) is 0 Å². The van der Waals surface area contributed by atoms with Gasteiger partial charge in [-0.25, -0.2) is 0 Å². The minimum absolute atomic E-state index is 0.472. The van der Waals surface area contributed by atoms with E-state index in [-0.39, 0.29) is 0 Å². The molecule has 0 N–H and O–H groups in total. The van der Waals surface area contributed by atoms with Gasteiger partial charge in [-0.3, -0.25) is 0 Å². The zero-order chi connectivity index (χ0) is 14.3. The van der Waals surface area contributed by atoms with Gasteiger partial charge in [-0.05, 0) is 0 Å². The summed E-state index contributed by atoms with van der Waals surface area (Å²) in [5.74, 6) is 0. The molecule has 2 aliphatic rings. The Labute approximate surface area is 136 Å².